The van der Waals surface area contributed by atoms with E-state index in [9.17, 15) is 0 Å². The molecule has 0 bridgehead atoms. The first kappa shape index (κ1) is 7.41. The first-order valence-electron chi connectivity index (χ1n) is 4.32. The Kier molecular flexibility index (Phi) is 2.12. The molecule has 2 rings (SSSR count). The molecule has 0 aliphatic heterocycles. The Morgan fingerprint density at radius 1 is 1.00 bits per heavy atom. The summed E-state index contributed by atoms with van der Waals surface area (Å²) in [4.78, 5) is 0. The molecule has 0 unspecified atom stereocenters. The molecule has 1 heteroatoms. The zero-order chi connectivity index (χ0) is 8.23. The van der Waals surface area contributed by atoms with E-state index in [0.29, 0.717) is 6.10 Å². The molecular weight excluding hydrogens is 148 g/mol. The van der Waals surface area contributed by atoms with Crippen molar-refractivity contribution in [1.29, 1.82) is 0 Å². The van der Waals surface area contributed by atoms with E-state index in [0.717, 1.165) is 18.6 Å². The quantitative estimate of drug-likeness (QED) is 0.604. The van der Waals surface area contributed by atoms with Gasteiger partial charge in [0.25, 0.3) is 0 Å². The molecule has 0 aromatic heterocycles. The number of hydrogen-bond acceptors (Lipinski definition) is 1. The summed E-state index contributed by atoms with van der Waals surface area (Å²) in [5, 5.41) is 0. The van der Waals surface area contributed by atoms with E-state index in [1.807, 2.05) is 30.3 Å². The molecule has 0 saturated carbocycles. The summed E-state index contributed by atoms with van der Waals surface area (Å²) in [6, 6.07) is 9.99. The van der Waals surface area contributed by atoms with Crippen LogP contribution in [0, 0.1) is 0 Å². The van der Waals surface area contributed by atoms with E-state index in [1.165, 1.54) is 0 Å². The monoisotopic (exact) mass is 160 g/mol. The lowest BCUT2D eigenvalue weighted by molar-refractivity contribution is 0.216. The van der Waals surface area contributed by atoms with Gasteiger partial charge in [-0.25, -0.2) is 0 Å². The number of rotatable bonds is 2. The minimum Gasteiger partial charge on any atom is -0.490 e. The van der Waals surface area contributed by atoms with Gasteiger partial charge in [-0.3, -0.25) is 0 Å². The summed E-state index contributed by atoms with van der Waals surface area (Å²) in [5.74, 6) is 0.978. The Morgan fingerprint density at radius 2 is 1.67 bits per heavy atom. The third-order valence-corrected chi connectivity index (χ3v) is 2.01. The van der Waals surface area contributed by atoms with Crippen LogP contribution >= 0.6 is 0 Å². The van der Waals surface area contributed by atoms with Gasteiger partial charge in [0, 0.05) is 12.8 Å². The summed E-state index contributed by atoms with van der Waals surface area (Å²) < 4.78 is 5.71. The lowest BCUT2D eigenvalue weighted by Gasteiger charge is -2.12. The summed E-state index contributed by atoms with van der Waals surface area (Å²) in [7, 11) is 0. The minimum atomic E-state index is 0.368. The first-order chi connectivity index (χ1) is 5.95. The molecule has 0 spiro atoms. The molecule has 1 aromatic carbocycles. The predicted octanol–water partition coefficient (Wildman–Crippen LogP) is 2.78. The summed E-state index contributed by atoms with van der Waals surface area (Å²) in [5.41, 5.74) is 0. The van der Waals surface area contributed by atoms with Crippen molar-refractivity contribution in [2.45, 2.75) is 18.9 Å². The maximum Gasteiger partial charge on any atom is 0.119 e. The van der Waals surface area contributed by atoms with Crippen LogP contribution < -0.4 is 4.74 Å². The Morgan fingerprint density at radius 3 is 2.33 bits per heavy atom. The topological polar surface area (TPSA) is 9.23 Å². The average molecular weight is 160 g/mol. The van der Waals surface area contributed by atoms with Gasteiger partial charge in [-0.1, -0.05) is 30.4 Å². The second-order valence-electron chi connectivity index (χ2n) is 3.00. The molecule has 0 heterocycles. The van der Waals surface area contributed by atoms with Crippen molar-refractivity contribution in [2.24, 2.45) is 0 Å². The van der Waals surface area contributed by atoms with E-state index in [2.05, 4.69) is 12.2 Å². The largest absolute Gasteiger partial charge is 0.490 e. The van der Waals surface area contributed by atoms with Gasteiger partial charge >= 0.3 is 0 Å². The lowest BCUT2D eigenvalue weighted by Crippen LogP contribution is -2.10. The zero-order valence-corrected chi connectivity index (χ0v) is 6.94. The highest BCUT2D eigenvalue weighted by atomic mass is 16.5. The maximum absolute atomic E-state index is 5.71. The number of benzene rings is 1. The van der Waals surface area contributed by atoms with Crippen molar-refractivity contribution in [3.05, 3.63) is 42.5 Å². The SMILES string of the molecule is C1=CCC(Oc2ccccc2)C1. The Hall–Kier alpha value is -1.24. The molecule has 0 N–H and O–H groups in total. The smallest absolute Gasteiger partial charge is 0.119 e. The van der Waals surface area contributed by atoms with Crippen LogP contribution in [0.15, 0.2) is 42.5 Å². The normalized spacial score (nSPS) is 16.7. The van der Waals surface area contributed by atoms with Gasteiger partial charge in [-0.15, -0.1) is 0 Å². The number of para-hydroxylation sites is 1. The standard InChI is InChI=1S/C11H12O/c1-2-6-10(7-3-1)12-11-8-4-5-9-11/h1-7,11H,8-9H2. The fraction of sp³-hybridized carbons (Fsp3) is 0.273. The van der Waals surface area contributed by atoms with Crippen molar-refractivity contribution in [3.8, 4) is 5.75 Å². The lowest BCUT2D eigenvalue weighted by atomic mass is 10.3. The second kappa shape index (κ2) is 3.44. The molecule has 62 valence electrons. The van der Waals surface area contributed by atoms with Crippen molar-refractivity contribution >= 4 is 0 Å². The van der Waals surface area contributed by atoms with Crippen molar-refractivity contribution < 1.29 is 4.74 Å². The summed E-state index contributed by atoms with van der Waals surface area (Å²) in [6.07, 6.45) is 6.82. The number of ether oxygens (including phenoxy) is 1. The highest BCUT2D eigenvalue weighted by Crippen LogP contribution is 2.18. The van der Waals surface area contributed by atoms with Gasteiger partial charge in [0.05, 0.1) is 0 Å². The highest BCUT2D eigenvalue weighted by molar-refractivity contribution is 5.21. The fourth-order valence-electron chi connectivity index (χ4n) is 1.38. The molecule has 12 heavy (non-hydrogen) atoms. The molecule has 0 saturated heterocycles. The van der Waals surface area contributed by atoms with Crippen LogP contribution in [0.2, 0.25) is 0 Å². The van der Waals surface area contributed by atoms with Crippen LogP contribution in [0.4, 0.5) is 0 Å². The second-order valence-corrected chi connectivity index (χ2v) is 3.00. The molecule has 1 nitrogen and oxygen atoms in total. The van der Waals surface area contributed by atoms with E-state index in [-0.39, 0.29) is 0 Å². The number of hydrogen-bond donors (Lipinski definition) is 0. The Labute approximate surface area is 72.7 Å². The van der Waals surface area contributed by atoms with Crippen LogP contribution in [-0.4, -0.2) is 6.10 Å². The fourth-order valence-corrected chi connectivity index (χ4v) is 1.38. The van der Waals surface area contributed by atoms with Crippen LogP contribution in [0.25, 0.3) is 0 Å². The maximum atomic E-state index is 5.71. The van der Waals surface area contributed by atoms with Gasteiger partial charge in [0.1, 0.15) is 11.9 Å². The molecular formula is C11H12O. The minimum absolute atomic E-state index is 0.368. The summed E-state index contributed by atoms with van der Waals surface area (Å²) in [6.45, 7) is 0. The zero-order valence-electron chi connectivity index (χ0n) is 6.94. The van der Waals surface area contributed by atoms with Gasteiger partial charge in [-0.2, -0.15) is 0 Å². The summed E-state index contributed by atoms with van der Waals surface area (Å²) >= 11 is 0. The van der Waals surface area contributed by atoms with Crippen LogP contribution in [0.3, 0.4) is 0 Å². The van der Waals surface area contributed by atoms with E-state index >= 15 is 0 Å². The third-order valence-electron chi connectivity index (χ3n) is 2.01. The van der Waals surface area contributed by atoms with Gasteiger partial charge < -0.3 is 4.74 Å². The van der Waals surface area contributed by atoms with E-state index in [4.69, 9.17) is 4.74 Å². The first-order valence-corrected chi connectivity index (χ1v) is 4.32. The molecule has 1 aliphatic rings. The third kappa shape index (κ3) is 1.67. The molecule has 0 radical (unpaired) electrons. The molecule has 1 aliphatic carbocycles. The van der Waals surface area contributed by atoms with E-state index < -0.39 is 0 Å². The van der Waals surface area contributed by atoms with Crippen molar-refractivity contribution in [1.82, 2.24) is 0 Å². The average Bonchev–Trinajstić information content (AvgIpc) is 2.59. The van der Waals surface area contributed by atoms with Gasteiger partial charge in [0.2, 0.25) is 0 Å². The van der Waals surface area contributed by atoms with Gasteiger partial charge in [0.15, 0.2) is 0 Å². The molecule has 1 aromatic rings. The van der Waals surface area contributed by atoms with Gasteiger partial charge in [-0.05, 0) is 12.1 Å². The Balaban J connectivity index is 1.95. The molecule has 0 amide bonds. The van der Waals surface area contributed by atoms with Crippen molar-refractivity contribution in [2.75, 3.05) is 0 Å². The molecule has 0 atom stereocenters. The van der Waals surface area contributed by atoms with Crippen LogP contribution in [0.5, 0.6) is 5.75 Å². The van der Waals surface area contributed by atoms with Crippen LogP contribution in [0.1, 0.15) is 12.8 Å². The predicted molar refractivity (Wildman–Crippen MR) is 49.2 cm³/mol. The van der Waals surface area contributed by atoms with Crippen LogP contribution in [-0.2, 0) is 0 Å². The van der Waals surface area contributed by atoms with E-state index in [1.54, 1.807) is 0 Å². The van der Waals surface area contributed by atoms with Crippen molar-refractivity contribution in [3.63, 3.8) is 0 Å². The Bertz CT molecular complexity index is 256. The highest BCUT2D eigenvalue weighted by Gasteiger charge is 2.10. The molecule has 0 fully saturated rings.